The van der Waals surface area contributed by atoms with Crippen LogP contribution >= 0.6 is 0 Å². The van der Waals surface area contributed by atoms with Crippen LogP contribution in [0.2, 0.25) is 0 Å². The van der Waals surface area contributed by atoms with Crippen LogP contribution in [0.25, 0.3) is 10.8 Å². The Labute approximate surface area is 111 Å². The van der Waals surface area contributed by atoms with Gasteiger partial charge in [-0.3, -0.25) is 0 Å². The van der Waals surface area contributed by atoms with E-state index in [0.29, 0.717) is 29.3 Å². The van der Waals surface area contributed by atoms with Crippen LogP contribution in [-0.2, 0) is 0 Å². The number of fused-ring (bicyclic) bond motifs is 1. The Morgan fingerprint density at radius 2 is 1.79 bits per heavy atom. The maximum atomic E-state index is 13.7. The second-order valence-electron chi connectivity index (χ2n) is 4.59. The van der Waals surface area contributed by atoms with Crippen LogP contribution < -0.4 is 5.32 Å². The lowest BCUT2D eigenvalue weighted by Gasteiger charge is -2.20. The molecule has 0 aliphatic rings. The Hall–Kier alpha value is -1.49. The summed E-state index contributed by atoms with van der Waals surface area (Å²) >= 11 is 0. The normalized spacial score (nSPS) is 14.5. The molecule has 0 radical (unpaired) electrons. The maximum absolute atomic E-state index is 13.7. The Morgan fingerprint density at radius 1 is 1.11 bits per heavy atom. The molecule has 0 amide bonds. The zero-order valence-electron chi connectivity index (χ0n) is 10.8. The molecule has 0 aliphatic heterocycles. The standard InChI is InChI=1S/C15H18FNO2/c1-17-9-8-14(18)15(19)12-6-7-13(16)11-5-3-2-4-10(11)12/h2-7,14-15,17-19H,8-9H2,1H3. The van der Waals surface area contributed by atoms with Gasteiger partial charge in [0, 0.05) is 5.39 Å². The molecule has 0 spiro atoms. The summed E-state index contributed by atoms with van der Waals surface area (Å²) in [7, 11) is 1.78. The molecular formula is C15H18FNO2. The van der Waals surface area contributed by atoms with E-state index >= 15 is 0 Å². The molecule has 0 bridgehead atoms. The van der Waals surface area contributed by atoms with Gasteiger partial charge in [0.2, 0.25) is 0 Å². The van der Waals surface area contributed by atoms with Crippen LogP contribution in [0.15, 0.2) is 36.4 Å². The van der Waals surface area contributed by atoms with E-state index < -0.39 is 12.2 Å². The summed E-state index contributed by atoms with van der Waals surface area (Å²) < 4.78 is 13.7. The largest absolute Gasteiger partial charge is 0.390 e. The lowest BCUT2D eigenvalue weighted by Crippen LogP contribution is -2.23. The molecule has 2 atom stereocenters. The molecule has 2 aromatic rings. The minimum Gasteiger partial charge on any atom is -0.390 e. The third-order valence-electron chi connectivity index (χ3n) is 3.28. The average Bonchev–Trinajstić information content (AvgIpc) is 2.45. The summed E-state index contributed by atoms with van der Waals surface area (Å²) in [5, 5.41) is 24.2. The molecule has 102 valence electrons. The van der Waals surface area contributed by atoms with E-state index in [1.807, 2.05) is 0 Å². The monoisotopic (exact) mass is 263 g/mol. The van der Waals surface area contributed by atoms with Crippen molar-refractivity contribution in [3.63, 3.8) is 0 Å². The highest BCUT2D eigenvalue weighted by atomic mass is 19.1. The Kier molecular flexibility index (Phi) is 4.47. The first-order valence-corrected chi connectivity index (χ1v) is 6.33. The highest BCUT2D eigenvalue weighted by Gasteiger charge is 2.20. The lowest BCUT2D eigenvalue weighted by atomic mass is 9.96. The quantitative estimate of drug-likeness (QED) is 0.773. The van der Waals surface area contributed by atoms with Crippen LogP contribution in [0, 0.1) is 5.82 Å². The fourth-order valence-corrected chi connectivity index (χ4v) is 2.20. The van der Waals surface area contributed by atoms with Gasteiger partial charge in [-0.05, 0) is 37.0 Å². The molecule has 2 aromatic carbocycles. The smallest absolute Gasteiger partial charge is 0.131 e. The van der Waals surface area contributed by atoms with Gasteiger partial charge in [0.15, 0.2) is 0 Å². The molecule has 3 N–H and O–H groups in total. The maximum Gasteiger partial charge on any atom is 0.131 e. The number of benzene rings is 2. The lowest BCUT2D eigenvalue weighted by molar-refractivity contribution is 0.0148. The van der Waals surface area contributed by atoms with Crippen molar-refractivity contribution in [2.24, 2.45) is 0 Å². The Morgan fingerprint density at radius 3 is 2.47 bits per heavy atom. The molecule has 0 aliphatic carbocycles. The third kappa shape index (κ3) is 2.92. The molecule has 0 fully saturated rings. The first kappa shape index (κ1) is 13.9. The van der Waals surface area contributed by atoms with Crippen molar-refractivity contribution in [1.29, 1.82) is 0 Å². The number of halogens is 1. The van der Waals surface area contributed by atoms with E-state index in [9.17, 15) is 14.6 Å². The van der Waals surface area contributed by atoms with E-state index in [4.69, 9.17) is 0 Å². The summed E-state index contributed by atoms with van der Waals surface area (Å²) in [4.78, 5) is 0. The number of aliphatic hydroxyl groups excluding tert-OH is 2. The van der Waals surface area contributed by atoms with Crippen molar-refractivity contribution in [3.05, 3.63) is 47.8 Å². The second-order valence-corrected chi connectivity index (χ2v) is 4.59. The summed E-state index contributed by atoms with van der Waals surface area (Å²) in [6, 6.07) is 9.82. The SMILES string of the molecule is CNCCC(O)C(O)c1ccc(F)c2ccccc12. The van der Waals surface area contributed by atoms with Crippen molar-refractivity contribution < 1.29 is 14.6 Å². The fraction of sp³-hybridized carbons (Fsp3) is 0.333. The summed E-state index contributed by atoms with van der Waals surface area (Å²) in [5.41, 5.74) is 0.556. The molecule has 19 heavy (non-hydrogen) atoms. The highest BCUT2D eigenvalue weighted by Crippen LogP contribution is 2.28. The van der Waals surface area contributed by atoms with E-state index in [0.717, 1.165) is 0 Å². The topological polar surface area (TPSA) is 52.5 Å². The summed E-state index contributed by atoms with van der Waals surface area (Å²) in [5.74, 6) is -0.323. The van der Waals surface area contributed by atoms with E-state index in [2.05, 4.69) is 5.32 Å². The Bertz CT molecular complexity index is 559. The summed E-state index contributed by atoms with van der Waals surface area (Å²) in [6.45, 7) is 0.608. The fourth-order valence-electron chi connectivity index (χ4n) is 2.20. The first-order valence-electron chi connectivity index (χ1n) is 6.33. The van der Waals surface area contributed by atoms with Crippen molar-refractivity contribution in [3.8, 4) is 0 Å². The van der Waals surface area contributed by atoms with Crippen molar-refractivity contribution in [2.75, 3.05) is 13.6 Å². The number of rotatable bonds is 5. The second kappa shape index (κ2) is 6.10. The predicted molar refractivity (Wildman–Crippen MR) is 73.4 cm³/mol. The molecule has 4 heteroatoms. The first-order chi connectivity index (χ1) is 9.15. The number of hydrogen-bond acceptors (Lipinski definition) is 3. The van der Waals surface area contributed by atoms with Crippen molar-refractivity contribution >= 4 is 10.8 Å². The highest BCUT2D eigenvalue weighted by molar-refractivity contribution is 5.86. The van der Waals surface area contributed by atoms with Crippen LogP contribution in [0.1, 0.15) is 18.1 Å². The number of nitrogens with one attached hydrogen (secondary N) is 1. The van der Waals surface area contributed by atoms with Crippen LogP contribution in [0.4, 0.5) is 4.39 Å². The minimum atomic E-state index is -1.01. The van der Waals surface area contributed by atoms with Crippen molar-refractivity contribution in [1.82, 2.24) is 5.32 Å². The molecule has 3 nitrogen and oxygen atoms in total. The van der Waals surface area contributed by atoms with Gasteiger partial charge in [0.05, 0.1) is 6.10 Å². The van der Waals surface area contributed by atoms with Gasteiger partial charge >= 0.3 is 0 Å². The zero-order valence-corrected chi connectivity index (χ0v) is 10.8. The van der Waals surface area contributed by atoms with Crippen LogP contribution in [-0.4, -0.2) is 29.9 Å². The third-order valence-corrected chi connectivity index (χ3v) is 3.28. The molecule has 0 heterocycles. The van der Waals surface area contributed by atoms with E-state index in [1.165, 1.54) is 12.1 Å². The minimum absolute atomic E-state index is 0.323. The van der Waals surface area contributed by atoms with E-state index in [-0.39, 0.29) is 5.82 Å². The number of hydrogen-bond donors (Lipinski definition) is 3. The van der Waals surface area contributed by atoms with Gasteiger partial charge in [0.25, 0.3) is 0 Å². The molecular weight excluding hydrogens is 245 g/mol. The molecule has 2 unspecified atom stereocenters. The van der Waals surface area contributed by atoms with Gasteiger partial charge in [-0.2, -0.15) is 0 Å². The van der Waals surface area contributed by atoms with Gasteiger partial charge < -0.3 is 15.5 Å². The average molecular weight is 263 g/mol. The van der Waals surface area contributed by atoms with Gasteiger partial charge in [-0.25, -0.2) is 4.39 Å². The Balaban J connectivity index is 2.37. The van der Waals surface area contributed by atoms with E-state index in [1.54, 1.807) is 31.3 Å². The summed E-state index contributed by atoms with van der Waals surface area (Å²) in [6.07, 6.45) is -1.45. The zero-order chi connectivity index (χ0) is 13.8. The number of aliphatic hydroxyl groups is 2. The van der Waals surface area contributed by atoms with Crippen LogP contribution in [0.3, 0.4) is 0 Å². The van der Waals surface area contributed by atoms with Gasteiger partial charge in [-0.15, -0.1) is 0 Å². The molecule has 2 rings (SSSR count). The predicted octanol–water partition coefficient (Wildman–Crippen LogP) is 1.98. The van der Waals surface area contributed by atoms with Crippen LogP contribution in [0.5, 0.6) is 0 Å². The van der Waals surface area contributed by atoms with Crippen molar-refractivity contribution in [2.45, 2.75) is 18.6 Å². The van der Waals surface area contributed by atoms with Gasteiger partial charge in [-0.1, -0.05) is 30.3 Å². The molecule has 0 saturated carbocycles. The molecule has 0 aromatic heterocycles. The molecule has 0 saturated heterocycles. The van der Waals surface area contributed by atoms with Gasteiger partial charge in [0.1, 0.15) is 11.9 Å².